The van der Waals surface area contributed by atoms with E-state index >= 15 is 0 Å². The number of halogens is 3. The molecule has 2 nitrogen and oxygen atoms in total. The van der Waals surface area contributed by atoms with Gasteiger partial charge in [-0.05, 0) is 27.2 Å². The molecule has 1 rings (SSSR count). The Kier molecular flexibility index (Phi) is 6.23. The van der Waals surface area contributed by atoms with Crippen molar-refractivity contribution < 1.29 is 4.39 Å². The fourth-order valence-corrected chi connectivity index (χ4v) is 2.66. The van der Waals surface area contributed by atoms with Crippen LogP contribution in [0.3, 0.4) is 0 Å². The summed E-state index contributed by atoms with van der Waals surface area (Å²) in [6, 6.07) is 3.18. The van der Waals surface area contributed by atoms with Gasteiger partial charge in [0.25, 0.3) is 0 Å². The van der Waals surface area contributed by atoms with Crippen LogP contribution in [0.15, 0.2) is 16.6 Å². The Morgan fingerprint density at radius 1 is 1.53 bits per heavy atom. The third-order valence-electron chi connectivity index (χ3n) is 2.24. The summed E-state index contributed by atoms with van der Waals surface area (Å²) in [4.78, 5) is 0. The Bertz CT molecular complexity index is 390. The highest BCUT2D eigenvalue weighted by molar-refractivity contribution is 9.10. The number of hydrazine groups is 1. The summed E-state index contributed by atoms with van der Waals surface area (Å²) < 4.78 is 14.5. The number of thioether (sulfide) groups is 1. The van der Waals surface area contributed by atoms with Crippen LogP contribution in [0.25, 0.3) is 0 Å². The zero-order valence-electron chi connectivity index (χ0n) is 9.64. The highest BCUT2D eigenvalue weighted by Gasteiger charge is 2.18. The standard InChI is InChI=1S/C11H15BrClFN2S/c1-6(2)17-5-9(16-15)7-3-4-8(12)10(13)11(7)14/h3-4,6,9,16H,5,15H2,1-2H3. The smallest absolute Gasteiger partial charge is 0.147 e. The van der Waals surface area contributed by atoms with E-state index in [1.807, 2.05) is 0 Å². The van der Waals surface area contributed by atoms with Crippen LogP contribution in [0.4, 0.5) is 4.39 Å². The molecule has 0 amide bonds. The number of benzene rings is 1. The molecule has 0 aromatic heterocycles. The predicted molar refractivity (Wildman–Crippen MR) is 76.8 cm³/mol. The molecule has 0 fully saturated rings. The van der Waals surface area contributed by atoms with Crippen LogP contribution in [-0.4, -0.2) is 11.0 Å². The van der Waals surface area contributed by atoms with Crippen molar-refractivity contribution in [2.45, 2.75) is 25.1 Å². The zero-order chi connectivity index (χ0) is 13.0. The fourth-order valence-electron chi connectivity index (χ4n) is 1.33. The van der Waals surface area contributed by atoms with Gasteiger partial charge in [-0.25, -0.2) is 4.39 Å². The summed E-state index contributed by atoms with van der Waals surface area (Å²) in [6.45, 7) is 4.17. The van der Waals surface area contributed by atoms with E-state index in [1.54, 1.807) is 23.9 Å². The van der Waals surface area contributed by atoms with Crippen molar-refractivity contribution in [3.63, 3.8) is 0 Å². The van der Waals surface area contributed by atoms with Gasteiger partial charge >= 0.3 is 0 Å². The van der Waals surface area contributed by atoms with Gasteiger partial charge in [-0.2, -0.15) is 11.8 Å². The first-order chi connectivity index (χ1) is 7.97. The van der Waals surface area contributed by atoms with Gasteiger partial charge in [-0.3, -0.25) is 11.3 Å². The average molecular weight is 342 g/mol. The van der Waals surface area contributed by atoms with Gasteiger partial charge in [0.05, 0.1) is 11.1 Å². The maximum Gasteiger partial charge on any atom is 0.147 e. The Hall–Kier alpha value is 0.190. The van der Waals surface area contributed by atoms with Gasteiger partial charge < -0.3 is 0 Å². The lowest BCUT2D eigenvalue weighted by Crippen LogP contribution is -2.30. The average Bonchev–Trinajstić information content (AvgIpc) is 2.29. The minimum absolute atomic E-state index is 0.0947. The van der Waals surface area contributed by atoms with E-state index in [4.69, 9.17) is 17.4 Å². The molecular weight excluding hydrogens is 327 g/mol. The van der Waals surface area contributed by atoms with Crippen molar-refractivity contribution >= 4 is 39.3 Å². The van der Waals surface area contributed by atoms with Crippen molar-refractivity contribution in [1.29, 1.82) is 0 Å². The third-order valence-corrected chi connectivity index (χ3v) is 4.69. The molecule has 0 heterocycles. The largest absolute Gasteiger partial charge is 0.271 e. The zero-order valence-corrected chi connectivity index (χ0v) is 12.8. The van der Waals surface area contributed by atoms with Gasteiger partial charge in [-0.1, -0.05) is 31.5 Å². The Morgan fingerprint density at radius 2 is 2.18 bits per heavy atom. The molecule has 0 radical (unpaired) electrons. The second kappa shape index (κ2) is 6.95. The van der Waals surface area contributed by atoms with E-state index in [0.29, 0.717) is 21.0 Å². The Balaban J connectivity index is 2.92. The first kappa shape index (κ1) is 15.2. The molecule has 0 aliphatic carbocycles. The van der Waals surface area contributed by atoms with Gasteiger partial charge in [0.15, 0.2) is 0 Å². The molecule has 96 valence electrons. The molecule has 6 heteroatoms. The molecule has 0 saturated heterocycles. The second-order valence-corrected chi connectivity index (χ2v) is 6.71. The van der Waals surface area contributed by atoms with Crippen LogP contribution >= 0.6 is 39.3 Å². The number of hydrogen-bond donors (Lipinski definition) is 2. The fraction of sp³-hybridized carbons (Fsp3) is 0.455. The molecule has 0 spiro atoms. The molecule has 1 aromatic rings. The molecule has 1 unspecified atom stereocenters. The lowest BCUT2D eigenvalue weighted by Gasteiger charge is -2.18. The van der Waals surface area contributed by atoms with Crippen LogP contribution in [0.1, 0.15) is 25.5 Å². The topological polar surface area (TPSA) is 38.0 Å². The summed E-state index contributed by atoms with van der Waals surface area (Å²) in [5.41, 5.74) is 3.12. The summed E-state index contributed by atoms with van der Waals surface area (Å²) in [5, 5.41) is 0.567. The van der Waals surface area contributed by atoms with Gasteiger partial charge in [-0.15, -0.1) is 0 Å². The normalized spacial score (nSPS) is 13.1. The van der Waals surface area contributed by atoms with Crippen molar-refractivity contribution in [2.75, 3.05) is 5.75 Å². The summed E-state index contributed by atoms with van der Waals surface area (Å²) in [6.07, 6.45) is 0. The third kappa shape index (κ3) is 4.10. The highest BCUT2D eigenvalue weighted by Crippen LogP contribution is 2.31. The van der Waals surface area contributed by atoms with E-state index in [0.717, 1.165) is 0 Å². The van der Waals surface area contributed by atoms with Crippen LogP contribution in [0.2, 0.25) is 5.02 Å². The maximum atomic E-state index is 14.0. The molecule has 0 bridgehead atoms. The molecular formula is C11H15BrClFN2S. The molecule has 1 aromatic carbocycles. The predicted octanol–water partition coefficient (Wildman–Crippen LogP) is 3.89. The highest BCUT2D eigenvalue weighted by atomic mass is 79.9. The van der Waals surface area contributed by atoms with E-state index in [-0.39, 0.29) is 11.1 Å². The van der Waals surface area contributed by atoms with E-state index in [1.165, 1.54) is 0 Å². The first-order valence-electron chi connectivity index (χ1n) is 5.18. The molecule has 1 atom stereocenters. The number of rotatable bonds is 5. The van der Waals surface area contributed by atoms with Crippen molar-refractivity contribution in [3.05, 3.63) is 33.0 Å². The number of nitrogens with two attached hydrogens (primary N) is 1. The Labute approximate surface area is 119 Å². The first-order valence-corrected chi connectivity index (χ1v) is 7.40. The van der Waals surface area contributed by atoms with Crippen molar-refractivity contribution in [1.82, 2.24) is 5.43 Å². The van der Waals surface area contributed by atoms with Crippen molar-refractivity contribution in [3.8, 4) is 0 Å². The SMILES string of the molecule is CC(C)SCC(NN)c1ccc(Br)c(Cl)c1F. The Morgan fingerprint density at radius 3 is 2.71 bits per heavy atom. The quantitative estimate of drug-likeness (QED) is 0.485. The second-order valence-electron chi connectivity index (χ2n) is 3.87. The van der Waals surface area contributed by atoms with Crippen molar-refractivity contribution in [2.24, 2.45) is 5.84 Å². The minimum atomic E-state index is -0.423. The molecule has 3 N–H and O–H groups in total. The maximum absolute atomic E-state index is 14.0. The van der Waals surface area contributed by atoms with E-state index in [2.05, 4.69) is 35.2 Å². The molecule has 0 saturated carbocycles. The van der Waals surface area contributed by atoms with Gasteiger partial charge in [0, 0.05) is 15.8 Å². The van der Waals surface area contributed by atoms with E-state index in [9.17, 15) is 4.39 Å². The lowest BCUT2D eigenvalue weighted by atomic mass is 10.1. The minimum Gasteiger partial charge on any atom is -0.271 e. The van der Waals surface area contributed by atoms with Crippen LogP contribution < -0.4 is 11.3 Å². The summed E-state index contributed by atoms with van der Waals surface area (Å²) in [5.74, 6) is 5.74. The van der Waals surface area contributed by atoms with Gasteiger partial charge in [0.2, 0.25) is 0 Å². The van der Waals surface area contributed by atoms with Crippen LogP contribution in [0.5, 0.6) is 0 Å². The van der Waals surface area contributed by atoms with Crippen LogP contribution in [-0.2, 0) is 0 Å². The summed E-state index contributed by atoms with van der Waals surface area (Å²) >= 11 is 10.7. The van der Waals surface area contributed by atoms with E-state index < -0.39 is 5.82 Å². The van der Waals surface area contributed by atoms with Gasteiger partial charge in [0.1, 0.15) is 5.82 Å². The number of nitrogens with one attached hydrogen (secondary N) is 1. The molecule has 17 heavy (non-hydrogen) atoms. The number of hydrogen-bond acceptors (Lipinski definition) is 3. The molecule has 0 aliphatic rings. The lowest BCUT2D eigenvalue weighted by molar-refractivity contribution is 0.546. The summed E-state index contributed by atoms with van der Waals surface area (Å²) in [7, 11) is 0. The molecule has 0 aliphatic heterocycles. The monoisotopic (exact) mass is 340 g/mol. The van der Waals surface area contributed by atoms with Crippen LogP contribution in [0, 0.1) is 5.82 Å².